The Morgan fingerprint density at radius 2 is 1.95 bits per heavy atom. The number of carbonyl (C=O) groups excluding carboxylic acids is 1. The van der Waals surface area contributed by atoms with Crippen molar-refractivity contribution in [2.45, 2.75) is 23.8 Å². The van der Waals surface area contributed by atoms with Gasteiger partial charge in [-0.2, -0.15) is 0 Å². The lowest BCUT2D eigenvalue weighted by Gasteiger charge is -2.14. The van der Waals surface area contributed by atoms with Gasteiger partial charge in [0.2, 0.25) is 5.91 Å². The van der Waals surface area contributed by atoms with E-state index in [2.05, 4.69) is 23.5 Å². The van der Waals surface area contributed by atoms with Gasteiger partial charge in [-0.1, -0.05) is 48.0 Å². The number of benzene rings is 2. The van der Waals surface area contributed by atoms with E-state index in [1.54, 1.807) is 0 Å². The molecular formula is C17H16ClNOS. The number of carbonyl (C=O) groups is 1. The molecule has 0 fully saturated rings. The topological polar surface area (TPSA) is 29.1 Å². The summed E-state index contributed by atoms with van der Waals surface area (Å²) in [6.07, 6.45) is 2.03. The molecule has 0 radical (unpaired) electrons. The third-order valence-electron chi connectivity index (χ3n) is 3.66. The maximum absolute atomic E-state index is 12.1. The molecule has 0 saturated carbocycles. The molecule has 1 amide bonds. The van der Waals surface area contributed by atoms with Crippen molar-refractivity contribution >= 4 is 29.3 Å². The SMILES string of the molecule is O=C(CSc1ccccc1Cl)NC1CCc2ccccc21. The molecule has 0 saturated heterocycles. The first kappa shape index (κ1) is 14.5. The van der Waals surface area contributed by atoms with Crippen molar-refractivity contribution in [2.75, 3.05) is 5.75 Å². The number of aryl methyl sites for hydroxylation is 1. The quantitative estimate of drug-likeness (QED) is 0.855. The molecule has 0 spiro atoms. The second kappa shape index (κ2) is 6.54. The Balaban J connectivity index is 1.57. The van der Waals surface area contributed by atoms with Crippen molar-refractivity contribution < 1.29 is 4.79 Å². The smallest absolute Gasteiger partial charge is 0.230 e. The predicted molar refractivity (Wildman–Crippen MR) is 87.8 cm³/mol. The number of halogens is 1. The number of hydrogen-bond acceptors (Lipinski definition) is 2. The van der Waals surface area contributed by atoms with Gasteiger partial charge in [0.1, 0.15) is 0 Å². The van der Waals surface area contributed by atoms with Gasteiger partial charge in [-0.25, -0.2) is 0 Å². The van der Waals surface area contributed by atoms with Crippen molar-refractivity contribution in [1.29, 1.82) is 0 Å². The maximum Gasteiger partial charge on any atom is 0.230 e. The van der Waals surface area contributed by atoms with Crippen LogP contribution in [0.3, 0.4) is 0 Å². The van der Waals surface area contributed by atoms with E-state index in [9.17, 15) is 4.79 Å². The van der Waals surface area contributed by atoms with Gasteiger partial charge in [-0.3, -0.25) is 4.79 Å². The van der Waals surface area contributed by atoms with Crippen LogP contribution in [0.15, 0.2) is 53.4 Å². The molecule has 21 heavy (non-hydrogen) atoms. The number of amides is 1. The molecular weight excluding hydrogens is 302 g/mol. The number of thioether (sulfide) groups is 1. The van der Waals surface area contributed by atoms with E-state index in [0.29, 0.717) is 10.8 Å². The Labute approximate surface area is 133 Å². The fourth-order valence-corrected chi connectivity index (χ4v) is 3.70. The minimum atomic E-state index is 0.0571. The molecule has 2 nitrogen and oxygen atoms in total. The van der Waals surface area contributed by atoms with Gasteiger partial charge in [0, 0.05) is 4.90 Å². The summed E-state index contributed by atoms with van der Waals surface area (Å²) in [7, 11) is 0. The van der Waals surface area contributed by atoms with E-state index in [0.717, 1.165) is 17.7 Å². The molecule has 0 aliphatic heterocycles. The first-order valence-corrected chi connectivity index (χ1v) is 8.35. The third-order valence-corrected chi connectivity index (χ3v) is 5.18. The largest absolute Gasteiger partial charge is 0.349 e. The van der Waals surface area contributed by atoms with Gasteiger partial charge in [0.05, 0.1) is 16.8 Å². The lowest BCUT2D eigenvalue weighted by atomic mass is 10.1. The fourth-order valence-electron chi connectivity index (χ4n) is 2.65. The zero-order valence-corrected chi connectivity index (χ0v) is 13.1. The first-order chi connectivity index (χ1) is 10.2. The zero-order valence-electron chi connectivity index (χ0n) is 11.5. The molecule has 1 unspecified atom stereocenters. The molecule has 1 N–H and O–H groups in total. The summed E-state index contributed by atoms with van der Waals surface area (Å²) in [5, 5.41) is 3.82. The molecule has 2 aromatic rings. The Kier molecular flexibility index (Phi) is 4.51. The van der Waals surface area contributed by atoms with E-state index in [1.165, 1.54) is 22.9 Å². The van der Waals surface area contributed by atoms with Crippen LogP contribution in [0.25, 0.3) is 0 Å². The van der Waals surface area contributed by atoms with Crippen LogP contribution in [0.4, 0.5) is 0 Å². The van der Waals surface area contributed by atoms with Crippen molar-refractivity contribution in [3.63, 3.8) is 0 Å². The molecule has 0 aromatic heterocycles. The highest BCUT2D eigenvalue weighted by molar-refractivity contribution is 8.00. The normalized spacial score (nSPS) is 16.5. The average Bonchev–Trinajstić information content (AvgIpc) is 2.90. The van der Waals surface area contributed by atoms with Crippen LogP contribution in [0.5, 0.6) is 0 Å². The van der Waals surface area contributed by atoms with Crippen LogP contribution < -0.4 is 5.32 Å². The number of hydrogen-bond donors (Lipinski definition) is 1. The van der Waals surface area contributed by atoms with Gasteiger partial charge >= 0.3 is 0 Å². The Bertz CT molecular complexity index is 659. The monoisotopic (exact) mass is 317 g/mol. The van der Waals surface area contributed by atoms with Crippen molar-refractivity contribution in [1.82, 2.24) is 5.32 Å². The summed E-state index contributed by atoms with van der Waals surface area (Å²) in [5.74, 6) is 0.448. The highest BCUT2D eigenvalue weighted by atomic mass is 35.5. The Hall–Kier alpha value is -1.45. The van der Waals surface area contributed by atoms with Gasteiger partial charge < -0.3 is 5.32 Å². The van der Waals surface area contributed by atoms with Crippen molar-refractivity contribution in [2.24, 2.45) is 0 Å². The minimum Gasteiger partial charge on any atom is -0.349 e. The van der Waals surface area contributed by atoms with Crippen LogP contribution in [0.1, 0.15) is 23.6 Å². The lowest BCUT2D eigenvalue weighted by molar-refractivity contribution is -0.119. The molecule has 108 valence electrons. The first-order valence-electron chi connectivity index (χ1n) is 6.98. The lowest BCUT2D eigenvalue weighted by Crippen LogP contribution is -2.28. The maximum atomic E-state index is 12.1. The molecule has 2 aromatic carbocycles. The van der Waals surface area contributed by atoms with Crippen molar-refractivity contribution in [3.8, 4) is 0 Å². The molecule has 1 aliphatic rings. The minimum absolute atomic E-state index is 0.0571. The van der Waals surface area contributed by atoms with Crippen LogP contribution in [-0.4, -0.2) is 11.7 Å². The standard InChI is InChI=1S/C17H16ClNOS/c18-14-7-3-4-8-16(14)21-11-17(20)19-15-10-9-12-5-1-2-6-13(12)15/h1-8,15H,9-11H2,(H,19,20). The second-order valence-corrected chi connectivity index (χ2v) is 6.50. The predicted octanol–water partition coefficient (Wildman–Crippen LogP) is 4.24. The van der Waals surface area contributed by atoms with E-state index in [-0.39, 0.29) is 11.9 Å². The van der Waals surface area contributed by atoms with E-state index < -0.39 is 0 Å². The Morgan fingerprint density at radius 3 is 2.81 bits per heavy atom. The van der Waals surface area contributed by atoms with E-state index >= 15 is 0 Å². The van der Waals surface area contributed by atoms with Crippen LogP contribution >= 0.6 is 23.4 Å². The summed E-state index contributed by atoms with van der Waals surface area (Å²) in [5.41, 5.74) is 2.61. The highest BCUT2D eigenvalue weighted by Crippen LogP contribution is 2.31. The van der Waals surface area contributed by atoms with Gasteiger partial charge in [0.15, 0.2) is 0 Å². The number of rotatable bonds is 4. The molecule has 1 aliphatic carbocycles. The third kappa shape index (κ3) is 3.42. The summed E-state index contributed by atoms with van der Waals surface area (Å²) in [4.78, 5) is 13.1. The van der Waals surface area contributed by atoms with Gasteiger partial charge in [-0.05, 0) is 36.1 Å². The fraction of sp³-hybridized carbons (Fsp3) is 0.235. The van der Waals surface area contributed by atoms with E-state index in [4.69, 9.17) is 11.6 Å². The average molecular weight is 318 g/mol. The summed E-state index contributed by atoms with van der Waals surface area (Å²) >= 11 is 7.57. The Morgan fingerprint density at radius 1 is 1.19 bits per heavy atom. The zero-order chi connectivity index (χ0) is 14.7. The summed E-state index contributed by atoms with van der Waals surface area (Å²) in [6, 6.07) is 16.1. The number of nitrogens with one attached hydrogen (secondary N) is 1. The molecule has 0 heterocycles. The molecule has 1 atom stereocenters. The van der Waals surface area contributed by atoms with E-state index in [1.807, 2.05) is 30.3 Å². The molecule has 0 bridgehead atoms. The van der Waals surface area contributed by atoms with Crippen LogP contribution in [0, 0.1) is 0 Å². The van der Waals surface area contributed by atoms with Crippen LogP contribution in [0.2, 0.25) is 5.02 Å². The summed E-state index contributed by atoms with van der Waals surface area (Å²) < 4.78 is 0. The molecule has 4 heteroatoms. The highest BCUT2D eigenvalue weighted by Gasteiger charge is 2.23. The van der Waals surface area contributed by atoms with Gasteiger partial charge in [0.25, 0.3) is 0 Å². The van der Waals surface area contributed by atoms with Crippen LogP contribution in [-0.2, 0) is 11.2 Å². The molecule has 3 rings (SSSR count). The van der Waals surface area contributed by atoms with Crippen molar-refractivity contribution in [3.05, 3.63) is 64.7 Å². The second-order valence-electron chi connectivity index (χ2n) is 5.08. The summed E-state index contributed by atoms with van der Waals surface area (Å²) in [6.45, 7) is 0. The van der Waals surface area contributed by atoms with Gasteiger partial charge in [-0.15, -0.1) is 11.8 Å². The number of fused-ring (bicyclic) bond motifs is 1.